The van der Waals surface area contributed by atoms with Crippen molar-refractivity contribution >= 4 is 0 Å². The molecular weight excluding hydrogens is 314 g/mol. The summed E-state index contributed by atoms with van der Waals surface area (Å²) in [6.45, 7) is 0. The Balaban J connectivity index is 3.38. The first-order valence-corrected chi connectivity index (χ1v) is 5.31. The van der Waals surface area contributed by atoms with Crippen molar-refractivity contribution in [2.75, 3.05) is 7.11 Å². The minimum atomic E-state index is -5.81. The van der Waals surface area contributed by atoms with Crippen LogP contribution < -0.4 is 10.5 Å². The normalized spacial score (nSPS) is 14.4. The molecule has 0 aromatic heterocycles. The summed E-state index contributed by atoms with van der Waals surface area (Å²) in [5.41, 5.74) is 3.34. The lowest BCUT2D eigenvalue weighted by atomic mass is 9.91. The quantitative estimate of drug-likeness (QED) is 0.861. The summed E-state index contributed by atoms with van der Waals surface area (Å²) in [5.74, 6) is -7.81. The molecule has 120 valence electrons. The monoisotopic (exact) mass is 323 g/mol. The van der Waals surface area contributed by atoms with E-state index < -0.39 is 47.3 Å². The Hall–Kier alpha value is -1.58. The fourth-order valence-corrected chi connectivity index (χ4v) is 1.76. The van der Waals surface area contributed by atoms with E-state index >= 15 is 0 Å². The van der Waals surface area contributed by atoms with E-state index in [2.05, 4.69) is 4.74 Å². The van der Waals surface area contributed by atoms with E-state index in [1.54, 1.807) is 0 Å². The van der Waals surface area contributed by atoms with E-state index in [9.17, 15) is 35.1 Å². The van der Waals surface area contributed by atoms with Gasteiger partial charge in [-0.3, -0.25) is 0 Å². The minimum absolute atomic E-state index is 0.406. The summed E-state index contributed by atoms with van der Waals surface area (Å²) in [6.07, 6.45) is -11.6. The standard InChI is InChI=1S/C11H9F8NO/c1-21-4-2-5(12)7(6(13)3-4)8(20)9(10(14,15)16)11(17,18)19/h2-3,8-9H,20H2,1H3. The van der Waals surface area contributed by atoms with E-state index in [4.69, 9.17) is 5.73 Å². The maximum absolute atomic E-state index is 13.6. The van der Waals surface area contributed by atoms with Gasteiger partial charge in [-0.25, -0.2) is 8.78 Å². The summed E-state index contributed by atoms with van der Waals surface area (Å²) < 4.78 is 106. The van der Waals surface area contributed by atoms with Crippen molar-refractivity contribution in [3.05, 3.63) is 29.3 Å². The number of hydrogen-bond acceptors (Lipinski definition) is 2. The number of halogens is 8. The Morgan fingerprint density at radius 2 is 1.33 bits per heavy atom. The molecule has 0 bridgehead atoms. The third-order valence-corrected chi connectivity index (χ3v) is 2.69. The van der Waals surface area contributed by atoms with Crippen LogP contribution in [0, 0.1) is 17.6 Å². The summed E-state index contributed by atoms with van der Waals surface area (Å²) in [4.78, 5) is 0. The lowest BCUT2D eigenvalue weighted by Gasteiger charge is -2.28. The molecule has 0 fully saturated rings. The average molecular weight is 323 g/mol. The molecule has 21 heavy (non-hydrogen) atoms. The molecule has 2 N–H and O–H groups in total. The summed E-state index contributed by atoms with van der Waals surface area (Å²) >= 11 is 0. The van der Waals surface area contributed by atoms with Crippen molar-refractivity contribution in [1.29, 1.82) is 0 Å². The lowest BCUT2D eigenvalue weighted by molar-refractivity contribution is -0.290. The number of benzene rings is 1. The van der Waals surface area contributed by atoms with E-state index in [0.717, 1.165) is 7.11 Å². The Morgan fingerprint density at radius 1 is 0.952 bits per heavy atom. The van der Waals surface area contributed by atoms with Crippen molar-refractivity contribution < 1.29 is 39.9 Å². The van der Waals surface area contributed by atoms with Crippen molar-refractivity contribution in [3.8, 4) is 5.75 Å². The molecule has 0 aliphatic carbocycles. The maximum Gasteiger partial charge on any atom is 0.402 e. The van der Waals surface area contributed by atoms with Gasteiger partial charge < -0.3 is 10.5 Å². The second-order valence-corrected chi connectivity index (χ2v) is 4.09. The Bertz CT molecular complexity index is 473. The van der Waals surface area contributed by atoms with Crippen molar-refractivity contribution in [2.45, 2.75) is 18.4 Å². The van der Waals surface area contributed by atoms with E-state index in [0.29, 0.717) is 12.1 Å². The fraction of sp³-hybridized carbons (Fsp3) is 0.455. The molecule has 0 aliphatic heterocycles. The first-order valence-electron chi connectivity index (χ1n) is 5.31. The average Bonchev–Trinajstić information content (AvgIpc) is 2.23. The van der Waals surface area contributed by atoms with Crippen LogP contribution in [-0.2, 0) is 0 Å². The predicted molar refractivity (Wildman–Crippen MR) is 55.4 cm³/mol. The second kappa shape index (κ2) is 5.66. The number of ether oxygens (including phenoxy) is 1. The first-order chi connectivity index (χ1) is 9.39. The Kier molecular flexibility index (Phi) is 4.71. The molecule has 0 radical (unpaired) electrons. The highest BCUT2D eigenvalue weighted by atomic mass is 19.4. The van der Waals surface area contributed by atoms with Crippen LogP contribution in [0.1, 0.15) is 11.6 Å². The molecule has 0 aliphatic rings. The van der Waals surface area contributed by atoms with Crippen LogP contribution in [0.2, 0.25) is 0 Å². The lowest BCUT2D eigenvalue weighted by Crippen LogP contribution is -2.44. The molecule has 0 heterocycles. The highest BCUT2D eigenvalue weighted by molar-refractivity contribution is 5.33. The molecule has 10 heteroatoms. The van der Waals surface area contributed by atoms with Gasteiger partial charge in [-0.1, -0.05) is 0 Å². The van der Waals surface area contributed by atoms with Crippen LogP contribution in [0.4, 0.5) is 35.1 Å². The smallest absolute Gasteiger partial charge is 0.402 e. The van der Waals surface area contributed by atoms with Gasteiger partial charge in [0.15, 0.2) is 5.92 Å². The molecule has 1 rings (SSSR count). The van der Waals surface area contributed by atoms with Gasteiger partial charge in [0.1, 0.15) is 17.4 Å². The minimum Gasteiger partial charge on any atom is -0.497 e. The van der Waals surface area contributed by atoms with Crippen LogP contribution in [0.15, 0.2) is 12.1 Å². The van der Waals surface area contributed by atoms with Gasteiger partial charge in [0.2, 0.25) is 0 Å². The SMILES string of the molecule is COc1cc(F)c(C(N)C(C(F)(F)F)C(F)(F)F)c(F)c1. The molecule has 1 aromatic carbocycles. The van der Waals surface area contributed by atoms with Crippen LogP contribution in [-0.4, -0.2) is 19.5 Å². The third-order valence-electron chi connectivity index (χ3n) is 2.69. The molecule has 0 spiro atoms. The number of alkyl halides is 6. The Labute approximate surface area is 113 Å². The summed E-state index contributed by atoms with van der Waals surface area (Å²) in [7, 11) is 1.02. The molecule has 1 atom stereocenters. The topological polar surface area (TPSA) is 35.2 Å². The zero-order chi connectivity index (χ0) is 16.6. The third kappa shape index (κ3) is 3.74. The van der Waals surface area contributed by atoms with E-state index in [1.165, 1.54) is 0 Å². The maximum atomic E-state index is 13.6. The first kappa shape index (κ1) is 17.5. The number of nitrogens with two attached hydrogens (primary N) is 1. The van der Waals surface area contributed by atoms with Crippen LogP contribution >= 0.6 is 0 Å². The summed E-state index contributed by atoms with van der Waals surface area (Å²) in [6, 6.07) is -2.08. The molecule has 1 unspecified atom stereocenters. The van der Waals surface area contributed by atoms with Gasteiger partial charge in [0.05, 0.1) is 13.2 Å². The number of methoxy groups -OCH3 is 1. The van der Waals surface area contributed by atoms with Crippen molar-refractivity contribution in [2.24, 2.45) is 11.7 Å². The predicted octanol–water partition coefficient (Wildman–Crippen LogP) is 3.71. The zero-order valence-electron chi connectivity index (χ0n) is 10.3. The van der Waals surface area contributed by atoms with Crippen LogP contribution in [0.5, 0.6) is 5.75 Å². The molecule has 0 amide bonds. The van der Waals surface area contributed by atoms with Gasteiger partial charge in [0.25, 0.3) is 0 Å². The van der Waals surface area contributed by atoms with Crippen LogP contribution in [0.25, 0.3) is 0 Å². The number of rotatable bonds is 3. The molecule has 0 saturated carbocycles. The van der Waals surface area contributed by atoms with E-state index in [1.807, 2.05) is 0 Å². The zero-order valence-corrected chi connectivity index (χ0v) is 10.3. The van der Waals surface area contributed by atoms with Gasteiger partial charge in [0, 0.05) is 17.7 Å². The molecule has 0 saturated heterocycles. The van der Waals surface area contributed by atoms with Gasteiger partial charge in [-0.05, 0) is 0 Å². The van der Waals surface area contributed by atoms with Crippen molar-refractivity contribution in [1.82, 2.24) is 0 Å². The fourth-order valence-electron chi connectivity index (χ4n) is 1.76. The van der Waals surface area contributed by atoms with Gasteiger partial charge >= 0.3 is 12.4 Å². The number of hydrogen-bond donors (Lipinski definition) is 1. The largest absolute Gasteiger partial charge is 0.497 e. The molecular formula is C11H9F8NO. The molecule has 1 aromatic rings. The van der Waals surface area contributed by atoms with Crippen molar-refractivity contribution in [3.63, 3.8) is 0 Å². The van der Waals surface area contributed by atoms with E-state index in [-0.39, 0.29) is 0 Å². The van der Waals surface area contributed by atoms with Crippen LogP contribution in [0.3, 0.4) is 0 Å². The summed E-state index contributed by atoms with van der Waals surface area (Å²) in [5, 5.41) is 0. The Morgan fingerprint density at radius 3 is 1.62 bits per heavy atom. The molecule has 2 nitrogen and oxygen atoms in total. The highest BCUT2D eigenvalue weighted by Crippen LogP contribution is 2.46. The van der Waals surface area contributed by atoms with Gasteiger partial charge in [-0.2, -0.15) is 26.3 Å². The second-order valence-electron chi connectivity index (χ2n) is 4.09. The van der Waals surface area contributed by atoms with Gasteiger partial charge in [-0.15, -0.1) is 0 Å². The highest BCUT2D eigenvalue weighted by Gasteiger charge is 2.60.